The van der Waals surface area contributed by atoms with Crippen LogP contribution in [0.25, 0.3) is 70.3 Å². The Balaban J connectivity index is 1.51. The number of para-hydroxylation sites is 2. The van der Waals surface area contributed by atoms with Gasteiger partial charge in [0.15, 0.2) is 0 Å². The summed E-state index contributed by atoms with van der Waals surface area (Å²) in [7, 11) is 0. The first-order valence-electron chi connectivity index (χ1n) is 12.7. The van der Waals surface area contributed by atoms with Gasteiger partial charge >= 0.3 is 0 Å². The third-order valence-corrected chi connectivity index (χ3v) is 8.54. The molecule has 0 unspecified atom stereocenters. The lowest BCUT2D eigenvalue weighted by molar-refractivity contribution is 1.01. The highest BCUT2D eigenvalue weighted by molar-refractivity contribution is 7.24. The van der Waals surface area contributed by atoms with Crippen LogP contribution in [0.15, 0.2) is 128 Å². The van der Waals surface area contributed by atoms with E-state index in [1.807, 2.05) is 35.7 Å². The van der Waals surface area contributed by atoms with Crippen molar-refractivity contribution >= 4 is 54.1 Å². The van der Waals surface area contributed by atoms with Crippen molar-refractivity contribution in [1.29, 1.82) is 0 Å². The maximum absolute atomic E-state index is 4.97. The highest BCUT2D eigenvalue weighted by atomic mass is 32.1. The average Bonchev–Trinajstić information content (AvgIpc) is 3.54. The summed E-state index contributed by atoms with van der Waals surface area (Å²) >= 11 is 1.87. The Bertz CT molecular complexity index is 2120. The number of hydrogen-bond donors (Lipinski definition) is 0. The minimum Gasteiger partial charge on any atom is -0.278 e. The lowest BCUT2D eigenvalue weighted by Gasteiger charge is -2.07. The topological polar surface area (TPSA) is 30.7 Å². The fraction of sp³-hybridized carbons (Fsp3) is 0. The summed E-state index contributed by atoms with van der Waals surface area (Å²) in [5, 5.41) is 4.78. The van der Waals surface area contributed by atoms with Gasteiger partial charge in [-0.15, -0.1) is 11.3 Å². The van der Waals surface area contributed by atoms with Crippen LogP contribution in [0.5, 0.6) is 0 Å². The average molecular weight is 504 g/mol. The zero-order valence-corrected chi connectivity index (χ0v) is 21.2. The van der Waals surface area contributed by atoms with Gasteiger partial charge in [-0.1, -0.05) is 103 Å². The molecular formula is C34H21N3S. The Labute approximate surface area is 223 Å². The first-order valence-corrected chi connectivity index (χ1v) is 13.5. The van der Waals surface area contributed by atoms with Gasteiger partial charge < -0.3 is 0 Å². The molecule has 0 bridgehead atoms. The predicted octanol–water partition coefficient (Wildman–Crippen LogP) is 9.28. The van der Waals surface area contributed by atoms with E-state index < -0.39 is 0 Å². The number of aromatic nitrogens is 3. The van der Waals surface area contributed by atoms with Crippen molar-refractivity contribution < 1.29 is 0 Å². The Morgan fingerprint density at radius 3 is 2.13 bits per heavy atom. The van der Waals surface area contributed by atoms with E-state index in [-0.39, 0.29) is 0 Å². The normalized spacial score (nSPS) is 11.7. The Morgan fingerprint density at radius 1 is 0.579 bits per heavy atom. The van der Waals surface area contributed by atoms with Gasteiger partial charge in [-0.25, -0.2) is 9.97 Å². The molecule has 3 aromatic heterocycles. The molecule has 38 heavy (non-hydrogen) atoms. The maximum Gasteiger partial charge on any atom is 0.235 e. The SMILES string of the molecule is c1ccc(-c2sc3c(ccc4c3c3ccccc3n4-c3ncc4ccccc4n3)c2-c2ccccc2)cc1. The first kappa shape index (κ1) is 21.3. The summed E-state index contributed by atoms with van der Waals surface area (Å²) in [6, 6.07) is 42.7. The minimum atomic E-state index is 0.692. The van der Waals surface area contributed by atoms with Crippen LogP contribution in [0.1, 0.15) is 0 Å². The van der Waals surface area contributed by atoms with E-state index in [9.17, 15) is 0 Å². The summed E-state index contributed by atoms with van der Waals surface area (Å²) in [5.41, 5.74) is 6.94. The molecule has 5 aromatic carbocycles. The Morgan fingerprint density at radius 2 is 1.29 bits per heavy atom. The number of thiophene rings is 1. The lowest BCUT2D eigenvalue weighted by Crippen LogP contribution is -2.00. The van der Waals surface area contributed by atoms with E-state index in [0.717, 1.165) is 21.9 Å². The van der Waals surface area contributed by atoms with Crippen LogP contribution in [-0.4, -0.2) is 14.5 Å². The third kappa shape index (κ3) is 3.14. The van der Waals surface area contributed by atoms with E-state index in [0.29, 0.717) is 5.95 Å². The van der Waals surface area contributed by atoms with E-state index in [4.69, 9.17) is 9.97 Å². The molecule has 3 nitrogen and oxygen atoms in total. The van der Waals surface area contributed by atoms with Crippen LogP contribution >= 0.6 is 11.3 Å². The molecule has 8 rings (SSSR count). The van der Waals surface area contributed by atoms with Gasteiger partial charge in [-0.05, 0) is 29.3 Å². The molecule has 0 amide bonds. The molecule has 0 saturated carbocycles. The smallest absolute Gasteiger partial charge is 0.235 e. The van der Waals surface area contributed by atoms with Crippen molar-refractivity contribution in [3.63, 3.8) is 0 Å². The monoisotopic (exact) mass is 503 g/mol. The quantitative estimate of drug-likeness (QED) is 0.240. The largest absolute Gasteiger partial charge is 0.278 e. The molecule has 0 aliphatic rings. The molecule has 0 saturated heterocycles. The second kappa shape index (κ2) is 8.37. The summed E-state index contributed by atoms with van der Waals surface area (Å²) in [6.45, 7) is 0. The van der Waals surface area contributed by atoms with Crippen LogP contribution in [-0.2, 0) is 0 Å². The lowest BCUT2D eigenvalue weighted by atomic mass is 9.98. The third-order valence-electron chi connectivity index (χ3n) is 7.27. The number of hydrogen-bond acceptors (Lipinski definition) is 3. The van der Waals surface area contributed by atoms with Crippen molar-refractivity contribution in [2.75, 3.05) is 0 Å². The minimum absolute atomic E-state index is 0.692. The van der Waals surface area contributed by atoms with Gasteiger partial charge in [-0.3, -0.25) is 4.57 Å². The summed E-state index contributed by atoms with van der Waals surface area (Å²) in [6.07, 6.45) is 1.92. The van der Waals surface area contributed by atoms with Crippen molar-refractivity contribution in [3.05, 3.63) is 128 Å². The highest BCUT2D eigenvalue weighted by Gasteiger charge is 2.22. The van der Waals surface area contributed by atoms with E-state index in [1.54, 1.807) is 0 Å². The van der Waals surface area contributed by atoms with Crippen LogP contribution in [0.4, 0.5) is 0 Å². The van der Waals surface area contributed by atoms with E-state index in [2.05, 4.69) is 108 Å². The fourth-order valence-corrected chi connectivity index (χ4v) is 6.96. The fourth-order valence-electron chi connectivity index (χ4n) is 5.58. The van der Waals surface area contributed by atoms with Crippen LogP contribution in [0, 0.1) is 0 Å². The highest BCUT2D eigenvalue weighted by Crippen LogP contribution is 2.49. The van der Waals surface area contributed by atoms with Gasteiger partial charge in [0, 0.05) is 42.9 Å². The van der Waals surface area contributed by atoms with E-state index in [1.165, 1.54) is 42.4 Å². The molecular weight excluding hydrogens is 482 g/mol. The van der Waals surface area contributed by atoms with Gasteiger partial charge in [0.05, 0.1) is 16.6 Å². The summed E-state index contributed by atoms with van der Waals surface area (Å²) < 4.78 is 3.50. The molecule has 0 radical (unpaired) electrons. The zero-order chi connectivity index (χ0) is 25.1. The van der Waals surface area contributed by atoms with Crippen LogP contribution < -0.4 is 0 Å². The van der Waals surface area contributed by atoms with Gasteiger partial charge in [0.25, 0.3) is 0 Å². The molecule has 0 N–H and O–H groups in total. The number of rotatable bonds is 3. The summed E-state index contributed by atoms with van der Waals surface area (Å²) in [4.78, 5) is 11.1. The van der Waals surface area contributed by atoms with Crippen molar-refractivity contribution in [1.82, 2.24) is 14.5 Å². The standard InChI is InChI=1S/C34H21N3S/c1-3-11-22(12-4-1)30-26-19-20-29-31(33(26)38-32(30)23-13-5-2-6-14-23)25-16-8-10-18-28(25)37(29)34-35-21-24-15-7-9-17-27(24)36-34/h1-21H. The van der Waals surface area contributed by atoms with E-state index >= 15 is 0 Å². The van der Waals surface area contributed by atoms with Gasteiger partial charge in [0.2, 0.25) is 5.95 Å². The number of benzene rings is 5. The molecule has 3 heterocycles. The second-order valence-electron chi connectivity index (χ2n) is 9.46. The molecule has 0 fully saturated rings. The first-order chi connectivity index (χ1) is 18.9. The van der Waals surface area contributed by atoms with Crippen molar-refractivity contribution in [2.45, 2.75) is 0 Å². The summed E-state index contributed by atoms with van der Waals surface area (Å²) in [5.74, 6) is 0.692. The van der Waals surface area contributed by atoms with Gasteiger partial charge in [-0.2, -0.15) is 0 Å². The maximum atomic E-state index is 4.97. The molecule has 0 atom stereocenters. The molecule has 0 spiro atoms. The van der Waals surface area contributed by atoms with Crippen molar-refractivity contribution in [2.24, 2.45) is 0 Å². The predicted molar refractivity (Wildman–Crippen MR) is 160 cm³/mol. The van der Waals surface area contributed by atoms with Crippen LogP contribution in [0.2, 0.25) is 0 Å². The molecule has 4 heteroatoms. The molecule has 0 aliphatic carbocycles. The molecule has 8 aromatic rings. The Hall–Kier alpha value is -4.80. The van der Waals surface area contributed by atoms with Gasteiger partial charge in [0.1, 0.15) is 0 Å². The molecule has 178 valence electrons. The number of fused-ring (bicyclic) bond motifs is 6. The molecule has 0 aliphatic heterocycles. The van der Waals surface area contributed by atoms with Crippen LogP contribution in [0.3, 0.4) is 0 Å². The Kier molecular flexibility index (Phi) is 4.69. The van der Waals surface area contributed by atoms with Crippen molar-refractivity contribution in [3.8, 4) is 27.5 Å². The zero-order valence-electron chi connectivity index (χ0n) is 20.4. The second-order valence-corrected chi connectivity index (χ2v) is 10.5. The number of nitrogens with zero attached hydrogens (tertiary/aromatic N) is 3.